The van der Waals surface area contributed by atoms with Crippen LogP contribution in [0.3, 0.4) is 0 Å². The van der Waals surface area contributed by atoms with Crippen LogP contribution in [-0.2, 0) is 38.0 Å². The van der Waals surface area contributed by atoms with E-state index in [4.69, 9.17) is 28.4 Å². The topological polar surface area (TPSA) is 197 Å². The first-order valence-electron chi connectivity index (χ1n) is 29.5. The quantitative estimate of drug-likeness (QED) is 0.0458. The zero-order valence-corrected chi connectivity index (χ0v) is 51.0. The van der Waals surface area contributed by atoms with Gasteiger partial charge in [-0.15, -0.1) is 0 Å². The van der Waals surface area contributed by atoms with E-state index in [0.29, 0.717) is 12.8 Å². The van der Waals surface area contributed by atoms with Crippen molar-refractivity contribution < 1.29 is 63.5 Å². The van der Waals surface area contributed by atoms with Crippen LogP contribution in [-0.4, -0.2) is 178 Å². The fourth-order valence-electron chi connectivity index (χ4n) is 12.8. The lowest BCUT2D eigenvalue weighted by atomic mass is 9.77. The maximum absolute atomic E-state index is 14.6. The molecule has 0 radical (unpaired) electrons. The van der Waals surface area contributed by atoms with E-state index in [-0.39, 0.29) is 50.3 Å². The first-order chi connectivity index (χ1) is 36.7. The van der Waals surface area contributed by atoms with Crippen LogP contribution in [0.15, 0.2) is 60.7 Å². The molecule has 18 atom stereocenters. The van der Waals surface area contributed by atoms with Crippen molar-refractivity contribution in [2.75, 3.05) is 40.6 Å². The van der Waals surface area contributed by atoms with Crippen LogP contribution in [0.4, 0.5) is 0 Å². The number of likely N-dealkylation sites (N-methyl/N-ethyl adjacent to an activating group) is 1. The number of benzene rings is 2. The van der Waals surface area contributed by atoms with Gasteiger partial charge < -0.3 is 63.8 Å². The highest BCUT2D eigenvalue weighted by Crippen LogP contribution is 2.53. The van der Waals surface area contributed by atoms with E-state index in [0.717, 1.165) is 25.7 Å². The molecule has 5 rings (SSSR count). The minimum Gasteiger partial charge on any atom is -0.459 e. The Bertz CT molecular complexity index is 2060. The number of rotatable bonds is 21. The molecule has 3 aliphatic rings. The van der Waals surface area contributed by atoms with Crippen LogP contribution in [0.25, 0.3) is 0 Å². The Morgan fingerprint density at radius 3 is 1.87 bits per heavy atom. The molecule has 3 saturated heterocycles. The summed E-state index contributed by atoms with van der Waals surface area (Å²) in [5, 5.41) is 63.3. The number of carbonyl (C=O) groups is 2. The third-order valence-electron chi connectivity index (χ3n) is 17.9. The number of cyclic esters (lactones) is 1. The number of esters is 1. The molecular weight excluding hydrogens is 1010 g/mol. The summed E-state index contributed by atoms with van der Waals surface area (Å²) in [6.07, 6.45) is 1.57. The second-order valence-electron chi connectivity index (χ2n) is 24.8. The van der Waals surface area contributed by atoms with E-state index in [1.165, 1.54) is 56.5 Å². The van der Waals surface area contributed by atoms with Gasteiger partial charge in [-0.2, -0.15) is 0 Å². The fourth-order valence-corrected chi connectivity index (χ4v) is 16.2. The van der Waals surface area contributed by atoms with Crippen molar-refractivity contribution >= 4 is 29.7 Å². The summed E-state index contributed by atoms with van der Waals surface area (Å²) in [6, 6.07) is 20.7. The number of aliphatic hydroxyl groups excluding tert-OH is 3. The summed E-state index contributed by atoms with van der Waals surface area (Å²) >= 11 is 0. The van der Waals surface area contributed by atoms with E-state index in [9.17, 15) is 35.1 Å². The molecule has 3 heterocycles. The highest BCUT2D eigenvalue weighted by atomic mass is 31.2. The van der Waals surface area contributed by atoms with Gasteiger partial charge in [0, 0.05) is 38.5 Å². The zero-order valence-electron chi connectivity index (χ0n) is 50.1. The van der Waals surface area contributed by atoms with Crippen molar-refractivity contribution in [1.82, 2.24) is 9.80 Å². The predicted molar refractivity (Wildman–Crippen MR) is 309 cm³/mol. The van der Waals surface area contributed by atoms with Gasteiger partial charge in [0.15, 0.2) is 12.6 Å². The molecule has 3 aliphatic heterocycles. The fraction of sp³-hybridized carbons (Fsp3) is 0.774. The maximum atomic E-state index is 14.6. The Morgan fingerprint density at radius 2 is 1.33 bits per heavy atom. The highest BCUT2D eigenvalue weighted by molar-refractivity contribution is 7.88. The molecule has 0 bridgehead atoms. The highest BCUT2D eigenvalue weighted by Gasteiger charge is 2.53. The Balaban J connectivity index is 1.32. The van der Waals surface area contributed by atoms with Crippen LogP contribution < -0.4 is 10.6 Å². The molecule has 2 aromatic rings. The summed E-state index contributed by atoms with van der Waals surface area (Å²) in [5.74, 6) is -3.24. The summed E-state index contributed by atoms with van der Waals surface area (Å²) < 4.78 is 38.2. The van der Waals surface area contributed by atoms with Gasteiger partial charge >= 0.3 is 5.97 Å². The molecule has 5 N–H and O–H groups in total. The summed E-state index contributed by atoms with van der Waals surface area (Å²) in [6.45, 7) is 19.9. The van der Waals surface area contributed by atoms with Crippen molar-refractivity contribution in [3.8, 4) is 0 Å². The van der Waals surface area contributed by atoms with E-state index in [1.807, 2.05) is 32.8 Å². The number of carbonyl (C=O) groups excluding carboxylic acids is 2. The summed E-state index contributed by atoms with van der Waals surface area (Å²) in [5.41, 5.74) is -4.77. The monoisotopic (exact) mass is 1120 g/mol. The third kappa shape index (κ3) is 16.8. The lowest BCUT2D eigenvalue weighted by Gasteiger charge is -2.48. The number of amides is 1. The van der Waals surface area contributed by atoms with Crippen molar-refractivity contribution in [1.29, 1.82) is 0 Å². The largest absolute Gasteiger partial charge is 0.459 e. The number of nitrogens with zero attached hydrogens (tertiary/aromatic N) is 2. The van der Waals surface area contributed by atoms with Gasteiger partial charge in [0.25, 0.3) is 0 Å². The molecule has 0 saturated carbocycles. The van der Waals surface area contributed by atoms with Gasteiger partial charge in [0.05, 0.1) is 78.3 Å². The summed E-state index contributed by atoms with van der Waals surface area (Å²) in [4.78, 5) is 32.7. The van der Waals surface area contributed by atoms with Gasteiger partial charge in [-0.25, -0.2) is 0 Å². The second-order valence-corrected chi connectivity index (χ2v) is 28.7. The number of unbranched alkanes of at least 4 members (excludes halogenated alkanes) is 8. The molecule has 0 aromatic heterocycles. The Labute approximate surface area is 469 Å². The molecule has 0 aliphatic carbocycles. The SMILES string of the molecule is CC[C@H]1OC(=O)[C@H](C)[C@@H](O[C@H]2C[C@@](C)(OC)[C@@H](O)[C@H](C)O2)[C@H](C)[C@@H](O[C@@H]2O[C@H](C)C[C@H](N(C)C)[C@H]2O)[C@](C)(O)C[C@@H](C)CN(C(=O)CCCCCCCCCCC[P+](C)(c2ccccc2)c2ccccc2)[C@H](C)[C@@H](O)[C@]1(C)O. The van der Waals surface area contributed by atoms with Gasteiger partial charge in [-0.1, -0.05) is 95.7 Å². The Hall–Kier alpha value is -2.63. The summed E-state index contributed by atoms with van der Waals surface area (Å²) in [7, 11) is 3.80. The van der Waals surface area contributed by atoms with Crippen LogP contribution in [0.1, 0.15) is 159 Å². The van der Waals surface area contributed by atoms with E-state index < -0.39 is 109 Å². The van der Waals surface area contributed by atoms with E-state index >= 15 is 0 Å². The lowest BCUT2D eigenvalue weighted by Crippen LogP contribution is -2.60. The number of hydrogen-bond donors (Lipinski definition) is 5. The first kappa shape index (κ1) is 66.2. The van der Waals surface area contributed by atoms with Crippen LogP contribution in [0.2, 0.25) is 0 Å². The molecule has 78 heavy (non-hydrogen) atoms. The van der Waals surface area contributed by atoms with Gasteiger partial charge in [-0.05, 0) is 131 Å². The Morgan fingerprint density at radius 1 is 0.782 bits per heavy atom. The molecular formula is C62H104N2O13P+. The average Bonchev–Trinajstić information content (AvgIpc) is 3.49. The number of ether oxygens (including phenoxy) is 6. The van der Waals surface area contributed by atoms with Crippen LogP contribution in [0, 0.1) is 17.8 Å². The first-order valence-corrected chi connectivity index (χ1v) is 31.9. The molecule has 444 valence electrons. The molecule has 16 heteroatoms. The van der Waals surface area contributed by atoms with Crippen molar-refractivity contribution in [2.45, 2.75) is 249 Å². The number of methoxy groups -OCH3 is 1. The van der Waals surface area contributed by atoms with Gasteiger partial charge in [-0.3, -0.25) is 9.59 Å². The molecule has 1 amide bonds. The molecule has 0 spiro atoms. The zero-order chi connectivity index (χ0) is 57.8. The van der Waals surface area contributed by atoms with Crippen molar-refractivity contribution in [2.24, 2.45) is 17.8 Å². The maximum Gasteiger partial charge on any atom is 0.311 e. The Kier molecular flexibility index (Phi) is 25.1. The normalized spacial score (nSPS) is 36.9. The minimum atomic E-state index is -2.00. The van der Waals surface area contributed by atoms with Gasteiger partial charge in [0.1, 0.15) is 30.0 Å². The molecule has 3 fully saturated rings. The third-order valence-corrected chi connectivity index (χ3v) is 22.0. The second kappa shape index (κ2) is 29.6. The van der Waals surface area contributed by atoms with E-state index in [2.05, 4.69) is 67.3 Å². The standard InChI is InChI=1S/C62H104N2O13P/c1-15-50-62(10,71)55(67)45(6)64(51(65)35-29-21-19-17-16-18-20-22-30-36-78(14,47-31-25-23-26-32-47)48-33-27-24-28-34-48)40-41(2)38-60(8,70)57(77-59-53(66)49(63(11)12)37-42(3)73-59)43(4)54(44(5)58(69)75-50)76-52-39-61(9,72-13)56(68)46(7)74-52/h23-28,31-34,41-46,49-50,52-57,59,66-68,70-71H,15-22,29-30,35-40H2,1-14H3/q+1/t41-,42-,43+,44-,45-,46+,49+,50-,52+,53-,54+,55-,56+,57-,59+,60-,61-,62-/m1/s1. The number of hydrogen-bond acceptors (Lipinski definition) is 14. The molecule has 15 nitrogen and oxygen atoms in total. The van der Waals surface area contributed by atoms with Crippen LogP contribution >= 0.6 is 7.26 Å². The molecule has 2 aromatic carbocycles. The average molecular weight is 1120 g/mol. The predicted octanol–water partition coefficient (Wildman–Crippen LogP) is 8.00. The number of aliphatic hydroxyl groups is 5. The smallest absolute Gasteiger partial charge is 0.311 e. The molecule has 0 unspecified atom stereocenters. The van der Waals surface area contributed by atoms with Crippen molar-refractivity contribution in [3.05, 3.63) is 60.7 Å². The minimum absolute atomic E-state index is 0.0788. The lowest BCUT2D eigenvalue weighted by molar-refractivity contribution is -0.318. The van der Waals surface area contributed by atoms with Gasteiger partial charge in [0.2, 0.25) is 5.91 Å². The van der Waals surface area contributed by atoms with Crippen LogP contribution in [0.5, 0.6) is 0 Å². The van der Waals surface area contributed by atoms with E-state index in [1.54, 1.807) is 53.4 Å². The van der Waals surface area contributed by atoms with Crippen molar-refractivity contribution in [3.63, 3.8) is 0 Å².